The molecule has 29 heavy (non-hydrogen) atoms. The van der Waals surface area contributed by atoms with Crippen LogP contribution in [0.3, 0.4) is 0 Å². The summed E-state index contributed by atoms with van der Waals surface area (Å²) >= 11 is 5.26. The molecule has 0 aromatic heterocycles. The van der Waals surface area contributed by atoms with Crippen LogP contribution in [0.4, 0.5) is 5.69 Å². The second kappa shape index (κ2) is 11.0. The third-order valence-electron chi connectivity index (χ3n) is 3.76. The van der Waals surface area contributed by atoms with Crippen molar-refractivity contribution in [2.45, 2.75) is 13.8 Å². The zero-order valence-corrected chi connectivity index (χ0v) is 17.3. The largest absolute Gasteiger partial charge is 0.492 e. The molecule has 6 nitrogen and oxygen atoms in total. The normalized spacial score (nSPS) is 10.2. The van der Waals surface area contributed by atoms with E-state index in [-0.39, 0.29) is 11.0 Å². The smallest absolute Gasteiger partial charge is 0.261 e. The van der Waals surface area contributed by atoms with E-state index in [0.717, 1.165) is 0 Å². The van der Waals surface area contributed by atoms with Gasteiger partial charge in [0.1, 0.15) is 5.75 Å². The van der Waals surface area contributed by atoms with Gasteiger partial charge in [-0.15, -0.1) is 6.58 Å². The number of rotatable bonds is 8. The third-order valence-corrected chi connectivity index (χ3v) is 3.96. The number of benzene rings is 2. The molecule has 152 valence electrons. The molecule has 3 N–H and O–H groups in total. The lowest BCUT2D eigenvalue weighted by Crippen LogP contribution is -2.35. The minimum atomic E-state index is -0.393. The number of ether oxygens (including phenoxy) is 1. The van der Waals surface area contributed by atoms with Gasteiger partial charge in [0, 0.05) is 6.54 Å². The number of anilines is 1. The lowest BCUT2D eigenvalue weighted by molar-refractivity contribution is 0.0955. The first-order valence-electron chi connectivity index (χ1n) is 9.24. The summed E-state index contributed by atoms with van der Waals surface area (Å²) in [6.45, 7) is 8.49. The van der Waals surface area contributed by atoms with Crippen molar-refractivity contribution in [3.05, 3.63) is 72.3 Å². The van der Waals surface area contributed by atoms with E-state index >= 15 is 0 Å². The van der Waals surface area contributed by atoms with Gasteiger partial charge < -0.3 is 15.4 Å². The van der Waals surface area contributed by atoms with E-state index in [0.29, 0.717) is 41.6 Å². The van der Waals surface area contributed by atoms with Crippen LogP contribution in [0.2, 0.25) is 0 Å². The van der Waals surface area contributed by atoms with Crippen molar-refractivity contribution in [1.29, 1.82) is 0 Å². The zero-order chi connectivity index (χ0) is 21.2. The molecule has 0 saturated carbocycles. The summed E-state index contributed by atoms with van der Waals surface area (Å²) in [5.74, 6) is 0.160. The summed E-state index contributed by atoms with van der Waals surface area (Å²) in [4.78, 5) is 24.9. The Balaban J connectivity index is 2.08. The van der Waals surface area contributed by atoms with Crippen LogP contribution < -0.4 is 20.7 Å². The number of para-hydroxylation sites is 2. The summed E-state index contributed by atoms with van der Waals surface area (Å²) in [6, 6.07) is 13.9. The van der Waals surface area contributed by atoms with Crippen molar-refractivity contribution < 1.29 is 14.3 Å². The van der Waals surface area contributed by atoms with Crippen LogP contribution in [-0.2, 0) is 0 Å². The Kier molecular flexibility index (Phi) is 8.36. The molecule has 0 heterocycles. The molecule has 2 aromatic rings. The molecule has 2 aromatic carbocycles. The van der Waals surface area contributed by atoms with Gasteiger partial charge in [0.05, 0.1) is 23.4 Å². The van der Waals surface area contributed by atoms with Crippen LogP contribution in [0.1, 0.15) is 34.6 Å². The Hall–Kier alpha value is -3.19. The van der Waals surface area contributed by atoms with Crippen molar-refractivity contribution in [3.8, 4) is 5.75 Å². The van der Waals surface area contributed by atoms with Crippen LogP contribution in [0.25, 0.3) is 0 Å². The Labute approximate surface area is 176 Å². The molecule has 0 aliphatic carbocycles. The fourth-order valence-electron chi connectivity index (χ4n) is 2.41. The predicted octanol–water partition coefficient (Wildman–Crippen LogP) is 3.76. The van der Waals surface area contributed by atoms with Crippen LogP contribution in [0.5, 0.6) is 5.75 Å². The fraction of sp³-hybridized carbons (Fsp3) is 0.227. The highest BCUT2D eigenvalue weighted by Crippen LogP contribution is 2.19. The monoisotopic (exact) mass is 411 g/mol. The Morgan fingerprint density at radius 1 is 1.07 bits per heavy atom. The van der Waals surface area contributed by atoms with Crippen LogP contribution in [-0.4, -0.2) is 30.1 Å². The zero-order valence-electron chi connectivity index (χ0n) is 16.5. The molecule has 0 spiro atoms. The van der Waals surface area contributed by atoms with Crippen LogP contribution in [0, 0.1) is 5.92 Å². The molecular weight excluding hydrogens is 386 g/mol. The summed E-state index contributed by atoms with van der Waals surface area (Å²) < 4.78 is 5.72. The van der Waals surface area contributed by atoms with E-state index in [1.165, 1.54) is 0 Å². The van der Waals surface area contributed by atoms with Gasteiger partial charge in [0.25, 0.3) is 11.8 Å². The summed E-state index contributed by atoms with van der Waals surface area (Å²) in [6.07, 6.45) is 1.59. The first-order valence-corrected chi connectivity index (χ1v) is 9.65. The average molecular weight is 412 g/mol. The second-order valence-corrected chi connectivity index (χ2v) is 7.06. The maximum atomic E-state index is 12.7. The maximum absolute atomic E-state index is 12.7. The van der Waals surface area contributed by atoms with Crippen LogP contribution >= 0.6 is 12.2 Å². The van der Waals surface area contributed by atoms with Gasteiger partial charge in [-0.3, -0.25) is 14.9 Å². The Bertz CT molecular complexity index is 896. The molecule has 0 saturated heterocycles. The highest BCUT2D eigenvalue weighted by Gasteiger charge is 2.16. The molecule has 0 bridgehead atoms. The van der Waals surface area contributed by atoms with E-state index in [1.54, 1.807) is 54.6 Å². The third kappa shape index (κ3) is 6.73. The number of nitrogens with one attached hydrogen (secondary N) is 3. The number of hydrogen-bond donors (Lipinski definition) is 3. The lowest BCUT2D eigenvalue weighted by Gasteiger charge is -2.15. The quantitative estimate of drug-likeness (QED) is 0.455. The van der Waals surface area contributed by atoms with Crippen molar-refractivity contribution in [1.82, 2.24) is 10.6 Å². The van der Waals surface area contributed by atoms with Gasteiger partial charge in [0.15, 0.2) is 5.11 Å². The molecule has 0 aliphatic rings. The molecule has 0 fully saturated rings. The lowest BCUT2D eigenvalue weighted by atomic mass is 10.1. The molecule has 0 aliphatic heterocycles. The SMILES string of the molecule is C=CCNC(=O)c1ccccc1NC(=S)NC(=O)c1ccccc1OCC(C)C. The summed E-state index contributed by atoms with van der Waals surface area (Å²) in [5.41, 5.74) is 1.28. The fourth-order valence-corrected chi connectivity index (χ4v) is 2.61. The first-order chi connectivity index (χ1) is 13.9. The number of carbonyl (C=O) groups excluding carboxylic acids is 2. The van der Waals surface area contributed by atoms with E-state index in [9.17, 15) is 9.59 Å². The van der Waals surface area contributed by atoms with Crippen LogP contribution in [0.15, 0.2) is 61.2 Å². The minimum absolute atomic E-state index is 0.0811. The van der Waals surface area contributed by atoms with Gasteiger partial charge in [-0.1, -0.05) is 44.2 Å². The van der Waals surface area contributed by atoms with Gasteiger partial charge in [-0.2, -0.15) is 0 Å². The van der Waals surface area contributed by atoms with Crippen molar-refractivity contribution in [2.75, 3.05) is 18.5 Å². The highest BCUT2D eigenvalue weighted by atomic mass is 32.1. The van der Waals surface area contributed by atoms with Crippen molar-refractivity contribution >= 4 is 34.8 Å². The maximum Gasteiger partial charge on any atom is 0.261 e. The average Bonchev–Trinajstić information content (AvgIpc) is 2.70. The van der Waals surface area contributed by atoms with Crippen molar-refractivity contribution in [3.63, 3.8) is 0 Å². The number of carbonyl (C=O) groups is 2. The highest BCUT2D eigenvalue weighted by molar-refractivity contribution is 7.80. The first kappa shape index (κ1) is 22.1. The molecule has 0 radical (unpaired) electrons. The topological polar surface area (TPSA) is 79.5 Å². The molecule has 0 unspecified atom stereocenters. The molecule has 2 amide bonds. The minimum Gasteiger partial charge on any atom is -0.492 e. The number of hydrogen-bond acceptors (Lipinski definition) is 4. The van der Waals surface area contributed by atoms with Gasteiger partial charge >= 0.3 is 0 Å². The predicted molar refractivity (Wildman–Crippen MR) is 119 cm³/mol. The molecule has 2 rings (SSSR count). The second-order valence-electron chi connectivity index (χ2n) is 6.65. The van der Waals surface area contributed by atoms with Gasteiger partial charge in [0.2, 0.25) is 0 Å². The Morgan fingerprint density at radius 3 is 2.41 bits per heavy atom. The summed E-state index contributed by atoms with van der Waals surface area (Å²) in [7, 11) is 0. The van der Waals surface area contributed by atoms with E-state index in [1.807, 2.05) is 13.8 Å². The number of thiocarbonyl (C=S) groups is 1. The summed E-state index contributed by atoms with van der Waals surface area (Å²) in [5, 5.41) is 8.34. The number of amides is 2. The van der Waals surface area contributed by atoms with E-state index in [4.69, 9.17) is 17.0 Å². The molecular formula is C22H25N3O3S. The molecule has 0 atom stereocenters. The standard InChI is InChI=1S/C22H25N3O3S/c1-4-13-23-20(26)16-9-5-7-11-18(16)24-22(29)25-21(27)17-10-6-8-12-19(17)28-14-15(2)3/h4-12,15H,1,13-14H2,2-3H3,(H,23,26)(H2,24,25,27,29). The van der Waals surface area contributed by atoms with E-state index in [2.05, 4.69) is 22.5 Å². The van der Waals surface area contributed by atoms with E-state index < -0.39 is 5.91 Å². The van der Waals surface area contributed by atoms with Gasteiger partial charge in [-0.25, -0.2) is 0 Å². The molecule has 7 heteroatoms. The van der Waals surface area contributed by atoms with Gasteiger partial charge in [-0.05, 0) is 42.4 Å². The van der Waals surface area contributed by atoms with Crippen molar-refractivity contribution in [2.24, 2.45) is 5.92 Å². The Morgan fingerprint density at radius 2 is 1.72 bits per heavy atom.